The van der Waals surface area contributed by atoms with Gasteiger partial charge in [0, 0.05) is 25.0 Å². The lowest BCUT2D eigenvalue weighted by Crippen LogP contribution is -2.34. The number of allylic oxidation sites excluding steroid dienone is 1. The van der Waals surface area contributed by atoms with E-state index in [-0.39, 0.29) is 5.41 Å². The highest BCUT2D eigenvalue weighted by Gasteiger charge is 2.58. The number of benzene rings is 3. The average molecular weight is 384 g/mol. The van der Waals surface area contributed by atoms with Crippen molar-refractivity contribution >= 4 is 0 Å². The first kappa shape index (κ1) is 19.6. The minimum Gasteiger partial charge on any atom is -0.388 e. The molecule has 0 radical (unpaired) electrons. The zero-order valence-electron chi connectivity index (χ0n) is 16.8. The van der Waals surface area contributed by atoms with Gasteiger partial charge in [-0.1, -0.05) is 97.1 Å². The second kappa shape index (κ2) is 8.77. The van der Waals surface area contributed by atoms with E-state index in [4.69, 9.17) is 0 Å². The van der Waals surface area contributed by atoms with Gasteiger partial charge in [0.15, 0.2) is 0 Å². The number of nitrogens with zero attached hydrogens (tertiary/aromatic N) is 1. The molecule has 0 saturated heterocycles. The molecule has 0 amide bonds. The highest BCUT2D eigenvalue weighted by molar-refractivity contribution is 5.27. The molecular formula is C27H29NO. The largest absolute Gasteiger partial charge is 0.388 e. The Morgan fingerprint density at radius 3 is 1.79 bits per heavy atom. The summed E-state index contributed by atoms with van der Waals surface area (Å²) < 4.78 is 0. The van der Waals surface area contributed by atoms with E-state index in [0.717, 1.165) is 31.6 Å². The molecule has 29 heavy (non-hydrogen) atoms. The smallest absolute Gasteiger partial charge is 0.0864 e. The second-order valence-corrected chi connectivity index (χ2v) is 8.21. The van der Waals surface area contributed by atoms with Gasteiger partial charge >= 0.3 is 0 Å². The van der Waals surface area contributed by atoms with Crippen LogP contribution in [-0.4, -0.2) is 16.6 Å². The van der Waals surface area contributed by atoms with Crippen LogP contribution in [0.4, 0.5) is 0 Å². The van der Waals surface area contributed by atoms with Crippen LogP contribution in [0.1, 0.15) is 29.2 Å². The molecule has 0 aromatic heterocycles. The number of aliphatic hydroxyl groups excluding tert-OH is 1. The van der Waals surface area contributed by atoms with Crippen molar-refractivity contribution in [2.75, 3.05) is 6.54 Å². The van der Waals surface area contributed by atoms with Crippen molar-refractivity contribution in [2.24, 2.45) is 11.3 Å². The third-order valence-corrected chi connectivity index (χ3v) is 6.14. The van der Waals surface area contributed by atoms with Crippen LogP contribution < -0.4 is 0 Å². The fourth-order valence-corrected chi connectivity index (χ4v) is 4.49. The summed E-state index contributed by atoms with van der Waals surface area (Å²) in [6.07, 6.45) is 2.52. The number of hydrogen-bond acceptors (Lipinski definition) is 2. The van der Waals surface area contributed by atoms with Crippen LogP contribution in [0.15, 0.2) is 104 Å². The quantitative estimate of drug-likeness (QED) is 0.485. The molecule has 2 nitrogen and oxygen atoms in total. The van der Waals surface area contributed by atoms with E-state index in [1.165, 1.54) is 11.1 Å². The first-order chi connectivity index (χ1) is 14.2. The zero-order chi connectivity index (χ0) is 20.1. The lowest BCUT2D eigenvalue weighted by Gasteiger charge is -2.32. The van der Waals surface area contributed by atoms with Crippen LogP contribution in [-0.2, 0) is 13.1 Å². The van der Waals surface area contributed by atoms with Gasteiger partial charge in [-0.3, -0.25) is 4.90 Å². The molecule has 0 bridgehead atoms. The molecule has 3 aromatic rings. The fraction of sp³-hybridized carbons (Fsp3) is 0.259. The number of rotatable bonds is 9. The van der Waals surface area contributed by atoms with Gasteiger partial charge in [-0.2, -0.15) is 0 Å². The van der Waals surface area contributed by atoms with Gasteiger partial charge in [0.2, 0.25) is 0 Å². The SMILES string of the molecule is C=CC1CC1(CN(Cc1ccccc1)Cc1ccccc1)C(O)c1ccccc1. The maximum atomic E-state index is 11.3. The van der Waals surface area contributed by atoms with Crippen molar-refractivity contribution in [2.45, 2.75) is 25.6 Å². The van der Waals surface area contributed by atoms with Crippen molar-refractivity contribution in [1.82, 2.24) is 4.90 Å². The molecular weight excluding hydrogens is 354 g/mol. The van der Waals surface area contributed by atoms with Crippen molar-refractivity contribution in [1.29, 1.82) is 0 Å². The Labute approximate surface area is 174 Å². The summed E-state index contributed by atoms with van der Waals surface area (Å²) in [5, 5.41) is 11.3. The Bertz CT molecular complexity index is 868. The van der Waals surface area contributed by atoms with E-state index in [1.54, 1.807) is 0 Å². The molecule has 3 aromatic carbocycles. The molecule has 3 atom stereocenters. The molecule has 0 aliphatic heterocycles. The van der Waals surface area contributed by atoms with Crippen molar-refractivity contribution in [3.63, 3.8) is 0 Å². The topological polar surface area (TPSA) is 23.5 Å². The van der Waals surface area contributed by atoms with Gasteiger partial charge in [0.25, 0.3) is 0 Å². The number of aliphatic hydroxyl groups is 1. The van der Waals surface area contributed by atoms with E-state index in [1.807, 2.05) is 36.4 Å². The summed E-state index contributed by atoms with van der Waals surface area (Å²) in [7, 11) is 0. The van der Waals surface area contributed by atoms with Crippen molar-refractivity contribution < 1.29 is 5.11 Å². The standard InChI is InChI=1S/C27H29NO/c1-2-25-18-27(25,26(29)24-16-10-5-11-17-24)21-28(19-22-12-6-3-7-13-22)20-23-14-8-4-9-15-23/h2-17,25-26,29H,1,18-21H2. The van der Waals surface area contributed by atoms with Gasteiger partial charge in [-0.25, -0.2) is 0 Å². The van der Waals surface area contributed by atoms with E-state index < -0.39 is 6.10 Å². The van der Waals surface area contributed by atoms with Crippen LogP contribution in [0.25, 0.3) is 0 Å². The highest BCUT2D eigenvalue weighted by Crippen LogP contribution is 2.61. The van der Waals surface area contributed by atoms with Gasteiger partial charge in [-0.15, -0.1) is 6.58 Å². The van der Waals surface area contributed by atoms with E-state index >= 15 is 0 Å². The Hall–Kier alpha value is -2.68. The van der Waals surface area contributed by atoms with E-state index in [2.05, 4.69) is 72.1 Å². The van der Waals surface area contributed by atoms with Crippen LogP contribution in [0.3, 0.4) is 0 Å². The third-order valence-electron chi connectivity index (χ3n) is 6.14. The predicted molar refractivity (Wildman–Crippen MR) is 119 cm³/mol. The van der Waals surface area contributed by atoms with Gasteiger partial charge in [0.1, 0.15) is 0 Å². The molecule has 2 heteroatoms. The van der Waals surface area contributed by atoms with Crippen molar-refractivity contribution in [3.05, 3.63) is 120 Å². The summed E-state index contributed by atoms with van der Waals surface area (Å²) in [6.45, 7) is 6.60. The third kappa shape index (κ3) is 4.50. The molecule has 1 N–H and O–H groups in total. The second-order valence-electron chi connectivity index (χ2n) is 8.21. The Kier molecular flexibility index (Phi) is 5.94. The van der Waals surface area contributed by atoms with Gasteiger partial charge in [0.05, 0.1) is 6.10 Å². The average Bonchev–Trinajstić information content (AvgIpc) is 3.49. The lowest BCUT2D eigenvalue weighted by atomic mass is 9.89. The van der Waals surface area contributed by atoms with E-state index in [0.29, 0.717) is 5.92 Å². The molecule has 1 aliphatic carbocycles. The summed E-state index contributed by atoms with van der Waals surface area (Å²) in [4.78, 5) is 2.47. The summed E-state index contributed by atoms with van der Waals surface area (Å²) >= 11 is 0. The molecule has 0 heterocycles. The lowest BCUT2D eigenvalue weighted by molar-refractivity contribution is 0.0517. The van der Waals surface area contributed by atoms with Crippen LogP contribution in [0.5, 0.6) is 0 Å². The van der Waals surface area contributed by atoms with Crippen LogP contribution in [0, 0.1) is 11.3 Å². The van der Waals surface area contributed by atoms with Crippen molar-refractivity contribution in [3.8, 4) is 0 Å². The molecule has 148 valence electrons. The first-order valence-electron chi connectivity index (χ1n) is 10.4. The molecule has 4 rings (SSSR count). The molecule has 3 unspecified atom stereocenters. The van der Waals surface area contributed by atoms with Gasteiger partial charge < -0.3 is 5.11 Å². The Morgan fingerprint density at radius 2 is 1.34 bits per heavy atom. The Morgan fingerprint density at radius 1 is 0.862 bits per heavy atom. The highest BCUT2D eigenvalue weighted by atomic mass is 16.3. The van der Waals surface area contributed by atoms with Crippen LogP contribution in [0.2, 0.25) is 0 Å². The summed E-state index contributed by atoms with van der Waals surface area (Å²) in [5.74, 6) is 0.340. The summed E-state index contributed by atoms with van der Waals surface area (Å²) in [6, 6.07) is 31.3. The molecule has 1 saturated carbocycles. The first-order valence-corrected chi connectivity index (χ1v) is 10.4. The molecule has 0 spiro atoms. The van der Waals surface area contributed by atoms with E-state index in [9.17, 15) is 5.11 Å². The minimum absolute atomic E-state index is 0.174. The van der Waals surface area contributed by atoms with Gasteiger partial charge in [-0.05, 0) is 29.0 Å². The normalized spacial score (nSPS) is 21.7. The monoisotopic (exact) mass is 383 g/mol. The zero-order valence-corrected chi connectivity index (χ0v) is 16.8. The molecule has 1 fully saturated rings. The predicted octanol–water partition coefficient (Wildman–Crippen LogP) is 5.61. The summed E-state index contributed by atoms with van der Waals surface area (Å²) in [5.41, 5.74) is 3.41. The maximum Gasteiger partial charge on any atom is 0.0864 e. The number of hydrogen-bond donors (Lipinski definition) is 1. The maximum absolute atomic E-state index is 11.3. The van der Waals surface area contributed by atoms with Crippen LogP contribution >= 0.6 is 0 Å². The minimum atomic E-state index is -0.485. The fourth-order valence-electron chi connectivity index (χ4n) is 4.49. The molecule has 1 aliphatic rings. The Balaban J connectivity index is 1.59.